The van der Waals surface area contributed by atoms with E-state index in [2.05, 4.69) is 26.3 Å². The smallest absolute Gasteiger partial charge is 0.330 e. The second-order valence-corrected chi connectivity index (χ2v) is 30.4. The Labute approximate surface area is 739 Å². The van der Waals surface area contributed by atoms with Crippen molar-refractivity contribution >= 4 is 103 Å². The molecule has 2 heterocycles. The third-order valence-electron chi connectivity index (χ3n) is 22.1. The second kappa shape index (κ2) is 43.6. The molecule has 0 bridgehead atoms. The maximum atomic E-state index is 16.7. The fourth-order valence-corrected chi connectivity index (χ4v) is 15.2. The number of ether oxygens (including phenoxy) is 14. The maximum absolute atomic E-state index is 16.7. The molecule has 4 amide bonds. The zero-order chi connectivity index (χ0) is 90.3. The van der Waals surface area contributed by atoms with Crippen LogP contribution in [0.4, 0.5) is 0 Å². The Kier molecular flexibility index (Phi) is 31.2. The summed E-state index contributed by atoms with van der Waals surface area (Å²) in [6.45, 7) is 22.0. The predicted octanol–water partition coefficient (Wildman–Crippen LogP) is 17.6. The Morgan fingerprint density at radius 3 is 0.766 bits per heavy atom. The predicted molar refractivity (Wildman–Crippen MR) is 476 cm³/mol. The van der Waals surface area contributed by atoms with Gasteiger partial charge < -0.3 is 66.3 Å². The lowest BCUT2D eigenvalue weighted by molar-refractivity contribution is -0.152. The summed E-state index contributed by atoms with van der Waals surface area (Å²) in [5.41, 5.74) is 4.12. The number of carbonyl (C=O) groups is 10. The molecule has 0 radical (unpaired) electrons. The Morgan fingerprint density at radius 1 is 0.297 bits per heavy atom. The highest BCUT2D eigenvalue weighted by Gasteiger charge is 2.49. The van der Waals surface area contributed by atoms with Crippen LogP contribution in [0, 0.1) is 11.8 Å². The van der Waals surface area contributed by atoms with E-state index in [9.17, 15) is 19.2 Å². The largest absolute Gasteiger partial charge is 0.460 e. The van der Waals surface area contributed by atoms with Crippen LogP contribution in [0.1, 0.15) is 115 Å². The second-order valence-electron chi connectivity index (χ2n) is 30.4. The van der Waals surface area contributed by atoms with Crippen LogP contribution in [0.3, 0.4) is 0 Å². The number of esters is 6. The number of hydrogen-bond donors (Lipinski definition) is 0. The molecule has 11 aromatic rings. The maximum Gasteiger partial charge on any atom is 0.330 e. The minimum Gasteiger partial charge on any atom is -0.460 e. The molecule has 0 fully saturated rings. The van der Waals surface area contributed by atoms with E-state index in [1.54, 1.807) is 111 Å². The highest BCUT2D eigenvalue weighted by molar-refractivity contribution is 6.45. The molecule has 128 heavy (non-hydrogen) atoms. The van der Waals surface area contributed by atoms with Gasteiger partial charge in [0.1, 0.15) is 97.7 Å². The zero-order valence-electron chi connectivity index (χ0n) is 71.6. The van der Waals surface area contributed by atoms with Gasteiger partial charge in [-0.05, 0) is 144 Å². The fourth-order valence-electron chi connectivity index (χ4n) is 15.2. The summed E-state index contributed by atoms with van der Waals surface area (Å²) < 4.78 is 85.5. The molecule has 0 aliphatic carbocycles. The van der Waals surface area contributed by atoms with Crippen LogP contribution in [0.5, 0.6) is 46.0 Å². The van der Waals surface area contributed by atoms with Crippen molar-refractivity contribution in [3.63, 3.8) is 0 Å². The third-order valence-corrected chi connectivity index (χ3v) is 22.1. The van der Waals surface area contributed by atoms with Crippen molar-refractivity contribution in [1.29, 1.82) is 0 Å². The van der Waals surface area contributed by atoms with E-state index >= 15 is 28.8 Å². The van der Waals surface area contributed by atoms with E-state index in [0.29, 0.717) is 49.7 Å². The molecule has 0 saturated carbocycles. The summed E-state index contributed by atoms with van der Waals surface area (Å²) in [5.74, 6) is -8.31. The number of imide groups is 2. The Morgan fingerprint density at radius 2 is 0.539 bits per heavy atom. The Balaban J connectivity index is 1.09. The lowest BCUT2D eigenvalue weighted by atomic mass is 9.80. The molecule has 0 spiro atoms. The van der Waals surface area contributed by atoms with Gasteiger partial charge in [-0.3, -0.25) is 29.0 Å². The molecule has 4 unspecified atom stereocenters. The number of amides is 4. The monoisotopic (exact) mass is 1730 g/mol. The summed E-state index contributed by atoms with van der Waals surface area (Å²) in [4.78, 5) is 146. The molecular formula is C102H98N2O24. The van der Waals surface area contributed by atoms with E-state index < -0.39 is 83.4 Å². The first kappa shape index (κ1) is 91.5. The van der Waals surface area contributed by atoms with Crippen molar-refractivity contribution in [3.8, 4) is 46.0 Å². The van der Waals surface area contributed by atoms with Gasteiger partial charge in [0, 0.05) is 67.4 Å². The molecule has 660 valence electrons. The molecule has 2 aliphatic heterocycles. The minimum atomic E-state index is -1.52. The summed E-state index contributed by atoms with van der Waals surface area (Å²) >= 11 is 0. The lowest BCUT2D eigenvalue weighted by Crippen LogP contribution is -2.53. The average Bonchev–Trinajstić information content (AvgIpc) is 0.668. The van der Waals surface area contributed by atoms with Crippen molar-refractivity contribution in [1.82, 2.24) is 9.80 Å². The quantitative estimate of drug-likeness (QED) is 0.00650. The molecule has 13 rings (SSSR count). The number of carbonyl (C=O) groups excluding carboxylic acids is 10. The topological polar surface area (TPSA) is 306 Å². The van der Waals surface area contributed by atoms with Gasteiger partial charge in [0.25, 0.3) is 23.6 Å². The summed E-state index contributed by atoms with van der Waals surface area (Å²) in [6, 6.07) is 49.3. The van der Waals surface area contributed by atoms with Crippen LogP contribution in [-0.2, 0) is 115 Å². The van der Waals surface area contributed by atoms with Gasteiger partial charge in [0.15, 0.2) is 0 Å². The highest BCUT2D eigenvalue weighted by atomic mass is 16.6. The van der Waals surface area contributed by atoms with E-state index in [1.807, 2.05) is 74.5 Å². The summed E-state index contributed by atoms with van der Waals surface area (Å²) in [6.07, 6.45) is 6.48. The number of fused-ring (bicyclic) bond motifs is 2. The zero-order valence-corrected chi connectivity index (χ0v) is 71.6. The molecule has 0 saturated heterocycles. The molecule has 4 atom stereocenters. The summed E-state index contributed by atoms with van der Waals surface area (Å²) in [5, 5.41) is 1.07. The molecule has 2 aliphatic rings. The van der Waals surface area contributed by atoms with E-state index in [-0.39, 0.29) is 204 Å². The van der Waals surface area contributed by atoms with E-state index in [0.717, 1.165) is 56.4 Å². The van der Waals surface area contributed by atoms with Crippen molar-refractivity contribution in [2.45, 2.75) is 91.5 Å². The van der Waals surface area contributed by atoms with Gasteiger partial charge >= 0.3 is 35.8 Å². The van der Waals surface area contributed by atoms with Crippen LogP contribution < -0.4 is 18.9 Å². The first-order valence-corrected chi connectivity index (χ1v) is 42.3. The molecule has 26 nitrogen and oxygen atoms in total. The number of nitrogens with zero attached hydrogens (tertiary/aromatic N) is 2. The number of hydrogen-bond acceptors (Lipinski definition) is 24. The summed E-state index contributed by atoms with van der Waals surface area (Å²) in [7, 11) is 0. The van der Waals surface area contributed by atoms with Crippen molar-refractivity contribution in [2.75, 3.05) is 79.3 Å². The standard InChI is InChI=1S/C102H98N2O24/c1-9-63(7)95(101(113)123-61-69-21-17-15-18-22-69)103-97(109)75-57-79(125-71-33-25-65(26-34-71)41-45-115-49-53-119-83(105)11-3)89-91-81(127-73-37-29-67(30-38-73)43-47-117-51-55-121-85(107)13-5)59-77-88-78(100(112)104(99(77)111)96(64(8)10-2)102(114)124-62-70-23-19-16-20-24-70)60-82(128-74-39-31-68(32-40-74)44-48-118-52-56-122-86(108)14-6)92(94(88)91)90-80(58-76(98(103)110)87(75)93(89)90)126-72-35-27-66(28-36-72)42-46-116-50-54-120-84(106)12-4/h11-40,57-60,63-64,95-96H,3-6,9-10,41-56,61-62H2,1-2,7-8H3. The first-order chi connectivity index (χ1) is 62.2. The van der Waals surface area contributed by atoms with Crippen LogP contribution in [0.25, 0.3) is 43.1 Å². The third kappa shape index (κ3) is 21.7. The van der Waals surface area contributed by atoms with Gasteiger partial charge in [-0.15, -0.1) is 0 Å². The fraction of sp³-hybridized carbons (Fsp3) is 0.275. The van der Waals surface area contributed by atoms with Crippen LogP contribution in [-0.4, -0.2) is 161 Å². The van der Waals surface area contributed by atoms with Gasteiger partial charge in [0.2, 0.25) is 0 Å². The normalized spacial score (nSPS) is 13.2. The lowest BCUT2D eigenvalue weighted by Gasteiger charge is -2.37. The van der Waals surface area contributed by atoms with E-state index in [1.165, 1.54) is 24.3 Å². The van der Waals surface area contributed by atoms with Gasteiger partial charge in [-0.2, -0.15) is 0 Å². The van der Waals surface area contributed by atoms with Crippen molar-refractivity contribution in [3.05, 3.63) is 288 Å². The Hall–Kier alpha value is -14.2. The van der Waals surface area contributed by atoms with Crippen molar-refractivity contribution in [2.24, 2.45) is 11.8 Å². The average molecular weight is 1740 g/mol. The molecule has 26 heteroatoms. The first-order valence-electron chi connectivity index (χ1n) is 42.3. The van der Waals surface area contributed by atoms with Crippen molar-refractivity contribution < 1.29 is 114 Å². The molecular weight excluding hydrogens is 1640 g/mol. The highest BCUT2D eigenvalue weighted by Crippen LogP contribution is 2.58. The number of benzene rings is 11. The van der Waals surface area contributed by atoms with Gasteiger partial charge in [0.05, 0.1) is 75.1 Å². The van der Waals surface area contributed by atoms with Crippen LogP contribution in [0.15, 0.2) is 233 Å². The van der Waals surface area contributed by atoms with E-state index in [4.69, 9.17) is 66.3 Å². The van der Waals surface area contributed by atoms with Crippen LogP contribution in [0.2, 0.25) is 0 Å². The van der Waals surface area contributed by atoms with Crippen LogP contribution >= 0.6 is 0 Å². The molecule has 11 aromatic carbocycles. The molecule has 0 aromatic heterocycles. The number of rotatable bonds is 48. The van der Waals surface area contributed by atoms with Gasteiger partial charge in [-0.1, -0.05) is 176 Å². The Bertz CT molecular complexity index is 5290. The SMILES string of the molecule is C=CC(=O)OCCOCCc1ccc(Oc2cc3c4c(cc(Oc5ccc(CCOCCOC(=O)C=C)cc5)c5c6c(Oc7ccc(CCOCCOC(=O)C=C)cc7)cc7c8c(cc(Oc9ccc(CCOCCOC(=O)C=C)cc9)c(c2c45)c86)C(=O)N(C(C(=O)OCc2ccccc2)C(C)CC)C7=O)C(=O)N(C(C(=O)OCc2ccccc2)C(C)CC)C3=O)cc1. The molecule has 0 N–H and O–H groups in total. The van der Waals surface area contributed by atoms with Gasteiger partial charge in [-0.25, -0.2) is 28.8 Å². The minimum absolute atomic E-state index is 0.00663.